The van der Waals surface area contributed by atoms with Gasteiger partial charge in [0.25, 0.3) is 0 Å². The maximum absolute atomic E-state index is 13.0. The van der Waals surface area contributed by atoms with Gasteiger partial charge in [0, 0.05) is 31.1 Å². The molecule has 2 saturated carbocycles. The monoisotopic (exact) mass is 614 g/mol. The summed E-state index contributed by atoms with van der Waals surface area (Å²) in [5.41, 5.74) is -5.17. The summed E-state index contributed by atoms with van der Waals surface area (Å²) in [5.74, 6) is -5.16. The van der Waals surface area contributed by atoms with Crippen molar-refractivity contribution < 1.29 is 53.1 Å². The van der Waals surface area contributed by atoms with Crippen molar-refractivity contribution in [3.05, 3.63) is 12.2 Å². The topological polar surface area (TPSA) is 158 Å². The maximum Gasteiger partial charge on any atom is 0.312 e. The van der Waals surface area contributed by atoms with Crippen LogP contribution in [0.15, 0.2) is 12.2 Å². The Kier molecular flexibility index (Phi) is 9.11. The fourth-order valence-electron chi connectivity index (χ4n) is 7.43. The Morgan fingerprint density at radius 3 is 2.19 bits per heavy atom. The van der Waals surface area contributed by atoms with Crippen LogP contribution in [-0.2, 0) is 42.9 Å². The van der Waals surface area contributed by atoms with Gasteiger partial charge in [-0.05, 0) is 39.5 Å². The maximum atomic E-state index is 13.0. The molecule has 2 saturated heterocycles. The lowest BCUT2D eigenvalue weighted by Gasteiger charge is -2.57. The normalized spacial score (nSPS) is 44.5. The SMILES string of the molecule is C=C1CCC(OC(=O)CCC)C2(C)C3OC3C(OC(=O)CCC)C(C)(O)C2C(OC(C)=O)C2(O)C(C)C(=O)OC2C1Cl. The molecule has 4 aliphatic rings. The largest absolute Gasteiger partial charge is 0.462 e. The average molecular weight is 615 g/mol. The number of epoxide rings is 1. The number of hydrogen-bond donors (Lipinski definition) is 2. The van der Waals surface area contributed by atoms with Gasteiger partial charge in [-0.3, -0.25) is 19.2 Å². The van der Waals surface area contributed by atoms with E-state index in [1.807, 2.05) is 13.8 Å². The molecule has 2 heterocycles. The fraction of sp³-hybridized carbons (Fsp3) is 0.800. The highest BCUT2D eigenvalue weighted by Gasteiger charge is 2.79. The Labute approximate surface area is 251 Å². The second kappa shape index (κ2) is 11.7. The summed E-state index contributed by atoms with van der Waals surface area (Å²) >= 11 is 6.80. The molecule has 12 heteroatoms. The lowest BCUT2D eigenvalue weighted by molar-refractivity contribution is -0.262. The van der Waals surface area contributed by atoms with Gasteiger partial charge in [-0.25, -0.2) is 0 Å². The highest BCUT2D eigenvalue weighted by Crippen LogP contribution is 2.63. The molecule has 236 valence electrons. The zero-order valence-electron chi connectivity index (χ0n) is 25.1. The van der Waals surface area contributed by atoms with Crippen molar-refractivity contribution >= 4 is 35.5 Å². The van der Waals surface area contributed by atoms with Crippen molar-refractivity contribution in [3.63, 3.8) is 0 Å². The van der Waals surface area contributed by atoms with Crippen molar-refractivity contribution in [2.24, 2.45) is 17.3 Å². The van der Waals surface area contributed by atoms with Crippen LogP contribution in [0.4, 0.5) is 0 Å². The summed E-state index contributed by atoms with van der Waals surface area (Å²) in [7, 11) is 0. The van der Waals surface area contributed by atoms with Crippen LogP contribution in [0.1, 0.15) is 80.1 Å². The van der Waals surface area contributed by atoms with E-state index in [9.17, 15) is 29.4 Å². The van der Waals surface area contributed by atoms with E-state index in [0.29, 0.717) is 18.4 Å². The number of carbonyl (C=O) groups is 4. The second-order valence-electron chi connectivity index (χ2n) is 12.6. The Bertz CT molecular complexity index is 1120. The van der Waals surface area contributed by atoms with E-state index >= 15 is 0 Å². The molecule has 0 aromatic carbocycles. The first-order valence-corrected chi connectivity index (χ1v) is 15.2. The summed E-state index contributed by atoms with van der Waals surface area (Å²) in [4.78, 5) is 51.4. The van der Waals surface area contributed by atoms with E-state index in [2.05, 4.69) is 6.58 Å². The molecule has 2 aliphatic carbocycles. The molecule has 0 spiro atoms. The number of fused-ring (bicyclic) bond motifs is 4. The summed E-state index contributed by atoms with van der Waals surface area (Å²) in [6.45, 7) is 13.5. The lowest BCUT2D eigenvalue weighted by atomic mass is 9.52. The van der Waals surface area contributed by atoms with Crippen LogP contribution in [-0.4, -0.2) is 87.3 Å². The molecule has 4 fully saturated rings. The van der Waals surface area contributed by atoms with Gasteiger partial charge in [-0.15, -0.1) is 11.6 Å². The molecule has 12 atom stereocenters. The van der Waals surface area contributed by atoms with Gasteiger partial charge < -0.3 is 33.9 Å². The van der Waals surface area contributed by atoms with Crippen LogP contribution in [0.25, 0.3) is 0 Å². The minimum Gasteiger partial charge on any atom is -0.462 e. The lowest BCUT2D eigenvalue weighted by Crippen LogP contribution is -2.73. The average Bonchev–Trinajstić information content (AvgIpc) is 3.67. The number of ether oxygens (including phenoxy) is 5. The van der Waals surface area contributed by atoms with Gasteiger partial charge in [0.1, 0.15) is 23.9 Å². The molecular formula is C30H43ClO11. The highest BCUT2D eigenvalue weighted by molar-refractivity contribution is 6.23. The van der Waals surface area contributed by atoms with Crippen molar-refractivity contribution in [1.29, 1.82) is 0 Å². The smallest absolute Gasteiger partial charge is 0.312 e. The summed E-state index contributed by atoms with van der Waals surface area (Å²) in [6.07, 6.45) is -4.96. The fourth-order valence-corrected chi connectivity index (χ4v) is 7.79. The van der Waals surface area contributed by atoms with Gasteiger partial charge in [0.2, 0.25) is 0 Å². The number of aliphatic hydroxyl groups is 2. The third-order valence-electron chi connectivity index (χ3n) is 9.63. The van der Waals surface area contributed by atoms with Crippen LogP contribution in [0.2, 0.25) is 0 Å². The van der Waals surface area contributed by atoms with Gasteiger partial charge >= 0.3 is 23.9 Å². The van der Waals surface area contributed by atoms with Crippen molar-refractivity contribution in [2.75, 3.05) is 0 Å². The predicted octanol–water partition coefficient (Wildman–Crippen LogP) is 2.75. The molecule has 0 aromatic rings. The Balaban J connectivity index is 1.97. The molecule has 0 bridgehead atoms. The quantitative estimate of drug-likeness (QED) is 0.143. The molecule has 12 unspecified atom stereocenters. The van der Waals surface area contributed by atoms with E-state index in [1.54, 1.807) is 6.92 Å². The molecule has 11 nitrogen and oxygen atoms in total. The van der Waals surface area contributed by atoms with Gasteiger partial charge in [0.15, 0.2) is 17.8 Å². The molecule has 2 aliphatic heterocycles. The van der Waals surface area contributed by atoms with Gasteiger partial charge in [-0.2, -0.15) is 0 Å². The third-order valence-corrected chi connectivity index (χ3v) is 10.2. The Hall–Kier alpha value is -2.21. The Morgan fingerprint density at radius 2 is 1.62 bits per heavy atom. The van der Waals surface area contributed by atoms with Crippen molar-refractivity contribution in [2.45, 2.75) is 133 Å². The molecule has 0 amide bonds. The minimum absolute atomic E-state index is 0.0952. The third kappa shape index (κ3) is 5.24. The number of hydrogen-bond acceptors (Lipinski definition) is 11. The zero-order valence-corrected chi connectivity index (χ0v) is 25.8. The van der Waals surface area contributed by atoms with E-state index in [0.717, 1.165) is 6.92 Å². The summed E-state index contributed by atoms with van der Waals surface area (Å²) < 4.78 is 29.5. The molecular weight excluding hydrogens is 572 g/mol. The highest BCUT2D eigenvalue weighted by atomic mass is 35.5. The predicted molar refractivity (Wildman–Crippen MR) is 148 cm³/mol. The molecule has 42 heavy (non-hydrogen) atoms. The van der Waals surface area contributed by atoms with Gasteiger partial charge in [0.05, 0.1) is 17.4 Å². The Morgan fingerprint density at radius 1 is 1.02 bits per heavy atom. The number of rotatable bonds is 7. The van der Waals surface area contributed by atoms with E-state index < -0.39 is 94.3 Å². The summed E-state index contributed by atoms with van der Waals surface area (Å²) in [5, 5.41) is 23.9. The zero-order chi connectivity index (χ0) is 31.4. The molecule has 2 N–H and O–H groups in total. The number of alkyl halides is 1. The second-order valence-corrected chi connectivity index (χ2v) is 13.0. The van der Waals surface area contributed by atoms with Crippen LogP contribution in [0.5, 0.6) is 0 Å². The standard InChI is InChI=1S/C30H43ClO11/c1-8-10-18(33)39-17-13-12-14(3)20(31)23-30(37,15(4)27(35)42-23)26(38-16(5)32)22-28(17,6)24-21(41-24)25(29(22,7)36)40-19(34)11-9-2/h15,17,20-26,36-37H,3,8-13H2,1-2,4-7H3. The van der Waals surface area contributed by atoms with Crippen LogP contribution >= 0.6 is 11.6 Å². The van der Waals surface area contributed by atoms with E-state index in [-0.39, 0.29) is 25.7 Å². The first-order valence-electron chi connectivity index (χ1n) is 14.7. The number of esters is 4. The molecule has 0 radical (unpaired) electrons. The molecule has 4 rings (SSSR count). The number of halogens is 1. The van der Waals surface area contributed by atoms with E-state index in [1.165, 1.54) is 13.8 Å². The van der Waals surface area contributed by atoms with Crippen LogP contribution in [0.3, 0.4) is 0 Å². The van der Waals surface area contributed by atoms with Gasteiger partial charge in [-0.1, -0.05) is 32.9 Å². The first kappa shape index (κ1) is 32.7. The first-order chi connectivity index (χ1) is 19.6. The van der Waals surface area contributed by atoms with Crippen molar-refractivity contribution in [1.82, 2.24) is 0 Å². The summed E-state index contributed by atoms with van der Waals surface area (Å²) in [6, 6.07) is 0. The number of carbonyl (C=O) groups excluding carboxylic acids is 4. The van der Waals surface area contributed by atoms with Crippen LogP contribution < -0.4 is 0 Å². The molecule has 0 aromatic heterocycles. The minimum atomic E-state index is -2.26. The van der Waals surface area contributed by atoms with Crippen LogP contribution in [0, 0.1) is 17.3 Å². The van der Waals surface area contributed by atoms with E-state index in [4.69, 9.17) is 35.3 Å². The van der Waals surface area contributed by atoms with Crippen molar-refractivity contribution in [3.8, 4) is 0 Å².